The quantitative estimate of drug-likeness (QED) is 0.770. The molecule has 1 atom stereocenters. The predicted octanol–water partition coefficient (Wildman–Crippen LogP) is 3.54. The van der Waals surface area contributed by atoms with E-state index in [9.17, 15) is 0 Å². The molecule has 0 saturated carbocycles. The molecule has 0 aliphatic carbocycles. The van der Waals surface area contributed by atoms with E-state index in [1.54, 1.807) is 0 Å². The normalized spacial score (nSPS) is 12.2. The lowest BCUT2D eigenvalue weighted by atomic mass is 10.1. The molecule has 0 bridgehead atoms. The first-order valence-corrected chi connectivity index (χ1v) is 5.73. The Labute approximate surface area is 92.6 Å². The van der Waals surface area contributed by atoms with Crippen LogP contribution in [-0.4, -0.2) is 13.2 Å². The van der Waals surface area contributed by atoms with Crippen molar-refractivity contribution >= 4 is 5.69 Å². The Morgan fingerprint density at radius 2 is 2.13 bits per heavy atom. The Kier molecular flexibility index (Phi) is 5.02. The Hall–Kier alpha value is -1.18. The number of rotatable bonds is 6. The monoisotopic (exact) mass is 207 g/mol. The fraction of sp³-hybridized carbons (Fsp3) is 0.538. The van der Waals surface area contributed by atoms with Gasteiger partial charge in [-0.2, -0.15) is 0 Å². The lowest BCUT2D eigenvalue weighted by molar-refractivity contribution is 0.340. The molecule has 2 heteroatoms. The van der Waals surface area contributed by atoms with Crippen LogP contribution in [0.3, 0.4) is 0 Å². The topological polar surface area (TPSA) is 21.3 Å². The summed E-state index contributed by atoms with van der Waals surface area (Å²) in [5.41, 5.74) is 1.14. The van der Waals surface area contributed by atoms with Crippen molar-refractivity contribution in [2.24, 2.45) is 5.92 Å². The molecule has 1 N–H and O–H groups in total. The van der Waals surface area contributed by atoms with Gasteiger partial charge in [-0.05, 0) is 25.0 Å². The fourth-order valence-electron chi connectivity index (χ4n) is 1.30. The standard InChI is InChI=1S/C13H21NO/c1-4-11(3)10-14-12-7-6-8-13(9-12)15-5-2/h6-9,11,14H,4-5,10H2,1-3H3/t11-/m0/s1. The number of anilines is 1. The van der Waals surface area contributed by atoms with Crippen LogP contribution in [0.5, 0.6) is 5.75 Å². The van der Waals surface area contributed by atoms with E-state index in [0.717, 1.165) is 24.6 Å². The second kappa shape index (κ2) is 6.33. The molecule has 15 heavy (non-hydrogen) atoms. The minimum atomic E-state index is 0.709. The van der Waals surface area contributed by atoms with Gasteiger partial charge in [-0.3, -0.25) is 0 Å². The van der Waals surface area contributed by atoms with Crippen LogP contribution in [0, 0.1) is 5.92 Å². The Morgan fingerprint density at radius 1 is 1.33 bits per heavy atom. The van der Waals surface area contributed by atoms with Gasteiger partial charge in [-0.15, -0.1) is 0 Å². The molecule has 0 aliphatic heterocycles. The van der Waals surface area contributed by atoms with Crippen LogP contribution < -0.4 is 10.1 Å². The highest BCUT2D eigenvalue weighted by Gasteiger charge is 1.99. The molecular weight excluding hydrogens is 186 g/mol. The van der Waals surface area contributed by atoms with Gasteiger partial charge in [-0.1, -0.05) is 26.3 Å². The summed E-state index contributed by atoms with van der Waals surface area (Å²) >= 11 is 0. The van der Waals surface area contributed by atoms with Crippen LogP contribution >= 0.6 is 0 Å². The largest absolute Gasteiger partial charge is 0.494 e. The number of ether oxygens (including phenoxy) is 1. The summed E-state index contributed by atoms with van der Waals surface area (Å²) in [4.78, 5) is 0. The van der Waals surface area contributed by atoms with Crippen molar-refractivity contribution < 1.29 is 4.74 Å². The first-order chi connectivity index (χ1) is 7.26. The van der Waals surface area contributed by atoms with Gasteiger partial charge < -0.3 is 10.1 Å². The molecule has 0 unspecified atom stereocenters. The smallest absolute Gasteiger partial charge is 0.121 e. The van der Waals surface area contributed by atoms with Crippen molar-refractivity contribution in [3.05, 3.63) is 24.3 Å². The van der Waals surface area contributed by atoms with E-state index in [-0.39, 0.29) is 0 Å². The molecule has 0 heterocycles. The van der Waals surface area contributed by atoms with Crippen LogP contribution in [0.4, 0.5) is 5.69 Å². The lowest BCUT2D eigenvalue weighted by Gasteiger charge is -2.12. The van der Waals surface area contributed by atoms with Crippen molar-refractivity contribution in [2.75, 3.05) is 18.5 Å². The second-order valence-electron chi connectivity index (χ2n) is 3.86. The van der Waals surface area contributed by atoms with E-state index >= 15 is 0 Å². The molecule has 1 aromatic rings. The highest BCUT2D eigenvalue weighted by atomic mass is 16.5. The molecule has 0 aliphatic rings. The van der Waals surface area contributed by atoms with Gasteiger partial charge in [0.15, 0.2) is 0 Å². The number of nitrogens with one attached hydrogen (secondary N) is 1. The minimum Gasteiger partial charge on any atom is -0.494 e. The maximum absolute atomic E-state index is 5.44. The highest BCUT2D eigenvalue weighted by molar-refractivity contribution is 5.48. The molecule has 0 spiro atoms. The summed E-state index contributed by atoms with van der Waals surface area (Å²) in [6, 6.07) is 8.12. The number of hydrogen-bond donors (Lipinski definition) is 1. The molecule has 1 rings (SSSR count). The van der Waals surface area contributed by atoms with Gasteiger partial charge in [0.2, 0.25) is 0 Å². The highest BCUT2D eigenvalue weighted by Crippen LogP contribution is 2.17. The Morgan fingerprint density at radius 3 is 2.80 bits per heavy atom. The molecule has 0 radical (unpaired) electrons. The second-order valence-corrected chi connectivity index (χ2v) is 3.86. The van der Waals surface area contributed by atoms with Crippen molar-refractivity contribution in [3.8, 4) is 5.75 Å². The van der Waals surface area contributed by atoms with Crippen molar-refractivity contribution in [2.45, 2.75) is 27.2 Å². The minimum absolute atomic E-state index is 0.709. The molecule has 1 aromatic carbocycles. The van der Waals surface area contributed by atoms with Gasteiger partial charge in [0, 0.05) is 18.3 Å². The van der Waals surface area contributed by atoms with Gasteiger partial charge in [0.25, 0.3) is 0 Å². The first-order valence-electron chi connectivity index (χ1n) is 5.73. The molecule has 0 amide bonds. The summed E-state index contributed by atoms with van der Waals surface area (Å²) in [7, 11) is 0. The average molecular weight is 207 g/mol. The predicted molar refractivity (Wildman–Crippen MR) is 65.6 cm³/mol. The SMILES string of the molecule is CCOc1cccc(NC[C@@H](C)CC)c1. The van der Waals surface area contributed by atoms with Gasteiger partial charge >= 0.3 is 0 Å². The molecule has 2 nitrogen and oxygen atoms in total. The van der Waals surface area contributed by atoms with E-state index < -0.39 is 0 Å². The maximum atomic E-state index is 5.44. The van der Waals surface area contributed by atoms with Crippen molar-refractivity contribution in [1.82, 2.24) is 0 Å². The average Bonchev–Trinajstić information content (AvgIpc) is 2.27. The molecule has 0 saturated heterocycles. The number of benzene rings is 1. The van der Waals surface area contributed by atoms with Gasteiger partial charge in [0.1, 0.15) is 5.75 Å². The zero-order valence-corrected chi connectivity index (χ0v) is 9.92. The summed E-state index contributed by atoms with van der Waals surface area (Å²) in [6.45, 7) is 8.20. The van der Waals surface area contributed by atoms with Gasteiger partial charge in [0.05, 0.1) is 6.61 Å². The summed E-state index contributed by atoms with van der Waals surface area (Å²) < 4.78 is 5.44. The fourth-order valence-corrected chi connectivity index (χ4v) is 1.30. The number of hydrogen-bond acceptors (Lipinski definition) is 2. The molecule has 84 valence electrons. The van der Waals surface area contributed by atoms with E-state index in [0.29, 0.717) is 5.92 Å². The summed E-state index contributed by atoms with van der Waals surface area (Å²) in [5.74, 6) is 1.65. The third-order valence-corrected chi connectivity index (χ3v) is 2.50. The van der Waals surface area contributed by atoms with Crippen molar-refractivity contribution in [3.63, 3.8) is 0 Å². The van der Waals surface area contributed by atoms with Crippen LogP contribution in [-0.2, 0) is 0 Å². The van der Waals surface area contributed by atoms with Crippen LogP contribution in [0.2, 0.25) is 0 Å². The zero-order chi connectivity index (χ0) is 11.1. The summed E-state index contributed by atoms with van der Waals surface area (Å²) in [6.07, 6.45) is 1.21. The maximum Gasteiger partial charge on any atom is 0.121 e. The first kappa shape index (κ1) is 11.9. The van der Waals surface area contributed by atoms with E-state index in [2.05, 4.69) is 25.2 Å². The van der Waals surface area contributed by atoms with Crippen LogP contribution in [0.15, 0.2) is 24.3 Å². The van der Waals surface area contributed by atoms with Crippen LogP contribution in [0.1, 0.15) is 27.2 Å². The molecular formula is C13H21NO. The van der Waals surface area contributed by atoms with E-state index in [1.165, 1.54) is 6.42 Å². The van der Waals surface area contributed by atoms with E-state index in [4.69, 9.17) is 4.74 Å². The lowest BCUT2D eigenvalue weighted by Crippen LogP contribution is -2.10. The third kappa shape index (κ3) is 4.24. The Bertz CT molecular complexity index is 286. The zero-order valence-electron chi connectivity index (χ0n) is 9.92. The Balaban J connectivity index is 2.50. The summed E-state index contributed by atoms with van der Waals surface area (Å²) in [5, 5.41) is 3.41. The van der Waals surface area contributed by atoms with Crippen molar-refractivity contribution in [1.29, 1.82) is 0 Å². The molecule has 0 aromatic heterocycles. The van der Waals surface area contributed by atoms with E-state index in [1.807, 2.05) is 25.1 Å². The third-order valence-electron chi connectivity index (χ3n) is 2.50. The van der Waals surface area contributed by atoms with Crippen LogP contribution in [0.25, 0.3) is 0 Å². The van der Waals surface area contributed by atoms with Gasteiger partial charge in [-0.25, -0.2) is 0 Å². The molecule has 0 fully saturated rings.